The molecule has 2 aliphatic rings. The van der Waals surface area contributed by atoms with Crippen LogP contribution < -0.4 is 4.90 Å². The molecular weight excluding hydrogens is 330 g/mol. The van der Waals surface area contributed by atoms with Gasteiger partial charge >= 0.3 is 0 Å². The van der Waals surface area contributed by atoms with Gasteiger partial charge in [0.2, 0.25) is 0 Å². The maximum atomic E-state index is 13.1. The van der Waals surface area contributed by atoms with Crippen LogP contribution >= 0.6 is 0 Å². The molecule has 2 aliphatic heterocycles. The molecule has 8 heteroatoms. The smallest absolute Gasteiger partial charge is 0.272 e. The first-order chi connectivity index (χ1) is 12.7. The number of likely N-dealkylation sites (tertiary alicyclic amines) is 1. The quantitative estimate of drug-likeness (QED) is 0.831. The lowest BCUT2D eigenvalue weighted by Gasteiger charge is -2.36. The standard InChI is InChI=1S/C18H19N7O/c1-2-25-15(5-6-22-25)18(26)24-9-3-4-13-11-23(12-16(13)24)17-14(10-19)20-7-8-21-17/h2,5-8,13,16H,1,3-4,9,11-12H2/t13-,16+/m0/s1. The van der Waals surface area contributed by atoms with Crippen LogP contribution in [0.4, 0.5) is 5.82 Å². The first-order valence-corrected chi connectivity index (χ1v) is 8.66. The van der Waals surface area contributed by atoms with Crippen molar-refractivity contribution in [3.05, 3.63) is 42.6 Å². The fourth-order valence-corrected chi connectivity index (χ4v) is 4.02. The monoisotopic (exact) mass is 349 g/mol. The third-order valence-electron chi connectivity index (χ3n) is 5.19. The molecule has 132 valence electrons. The van der Waals surface area contributed by atoms with Crippen LogP contribution in [0.3, 0.4) is 0 Å². The summed E-state index contributed by atoms with van der Waals surface area (Å²) < 4.78 is 1.51. The van der Waals surface area contributed by atoms with E-state index in [2.05, 4.69) is 32.6 Å². The summed E-state index contributed by atoms with van der Waals surface area (Å²) >= 11 is 0. The van der Waals surface area contributed by atoms with Crippen LogP contribution in [0.2, 0.25) is 0 Å². The number of carbonyl (C=O) groups excluding carboxylic acids is 1. The van der Waals surface area contributed by atoms with Gasteiger partial charge in [0.15, 0.2) is 11.5 Å². The molecule has 0 bridgehead atoms. The Labute approximate surface area is 151 Å². The fourth-order valence-electron chi connectivity index (χ4n) is 4.02. The van der Waals surface area contributed by atoms with Crippen LogP contribution in [0.5, 0.6) is 0 Å². The van der Waals surface area contributed by atoms with Crippen molar-refractivity contribution in [2.75, 3.05) is 24.5 Å². The summed E-state index contributed by atoms with van der Waals surface area (Å²) in [5, 5.41) is 13.4. The topological polar surface area (TPSA) is 90.9 Å². The number of nitrogens with zero attached hydrogens (tertiary/aromatic N) is 7. The SMILES string of the molecule is C=Cn1nccc1C(=O)N1CCC[C@H]2CN(c3nccnc3C#N)C[C@H]21. The zero-order valence-electron chi connectivity index (χ0n) is 14.3. The molecule has 0 aromatic carbocycles. The average Bonchev–Trinajstić information content (AvgIpc) is 3.33. The Bertz CT molecular complexity index is 884. The Balaban J connectivity index is 1.60. The van der Waals surface area contributed by atoms with Crippen LogP contribution in [0, 0.1) is 17.2 Å². The molecule has 26 heavy (non-hydrogen) atoms. The third-order valence-corrected chi connectivity index (χ3v) is 5.19. The van der Waals surface area contributed by atoms with Gasteiger partial charge in [-0.15, -0.1) is 0 Å². The van der Waals surface area contributed by atoms with Crippen molar-refractivity contribution in [3.8, 4) is 6.07 Å². The van der Waals surface area contributed by atoms with E-state index < -0.39 is 0 Å². The minimum absolute atomic E-state index is 0.0291. The highest BCUT2D eigenvalue weighted by Crippen LogP contribution is 2.34. The minimum Gasteiger partial charge on any atom is -0.352 e. The van der Waals surface area contributed by atoms with E-state index >= 15 is 0 Å². The number of hydrogen-bond acceptors (Lipinski definition) is 6. The summed E-state index contributed by atoms with van der Waals surface area (Å²) in [6, 6.07) is 3.92. The van der Waals surface area contributed by atoms with Crippen molar-refractivity contribution in [3.63, 3.8) is 0 Å². The molecule has 4 rings (SSSR count). The highest BCUT2D eigenvalue weighted by molar-refractivity contribution is 5.93. The number of carbonyl (C=O) groups is 1. The summed E-state index contributed by atoms with van der Waals surface area (Å²) in [5.41, 5.74) is 0.852. The molecule has 2 fully saturated rings. The van der Waals surface area contributed by atoms with Gasteiger partial charge in [-0.1, -0.05) is 6.58 Å². The van der Waals surface area contributed by atoms with E-state index in [1.807, 2.05) is 4.90 Å². The van der Waals surface area contributed by atoms with Crippen LogP contribution in [-0.2, 0) is 0 Å². The summed E-state index contributed by atoms with van der Waals surface area (Å²) in [4.78, 5) is 25.5. The molecule has 0 spiro atoms. The number of amides is 1. The lowest BCUT2D eigenvalue weighted by molar-refractivity contribution is 0.0566. The van der Waals surface area contributed by atoms with Gasteiger partial charge in [0, 0.05) is 38.2 Å². The summed E-state index contributed by atoms with van der Waals surface area (Å²) in [6.45, 7) is 5.87. The van der Waals surface area contributed by atoms with E-state index in [0.29, 0.717) is 29.7 Å². The summed E-state index contributed by atoms with van der Waals surface area (Å²) in [5.74, 6) is 0.938. The van der Waals surface area contributed by atoms with Gasteiger partial charge in [0.25, 0.3) is 5.91 Å². The molecule has 1 amide bonds. The lowest BCUT2D eigenvalue weighted by atomic mass is 9.92. The summed E-state index contributed by atoms with van der Waals surface area (Å²) in [6.07, 6.45) is 8.30. The predicted molar refractivity (Wildman–Crippen MR) is 95.1 cm³/mol. The van der Waals surface area contributed by atoms with E-state index in [4.69, 9.17) is 0 Å². The van der Waals surface area contributed by atoms with Gasteiger partial charge in [-0.2, -0.15) is 10.4 Å². The minimum atomic E-state index is -0.0291. The Kier molecular flexibility index (Phi) is 4.13. The molecule has 4 heterocycles. The highest BCUT2D eigenvalue weighted by atomic mass is 16.2. The third kappa shape index (κ3) is 2.62. The van der Waals surface area contributed by atoms with E-state index in [1.54, 1.807) is 18.5 Å². The van der Waals surface area contributed by atoms with Gasteiger partial charge in [-0.05, 0) is 24.8 Å². The number of rotatable bonds is 3. The predicted octanol–water partition coefficient (Wildman–Crippen LogP) is 1.39. The molecule has 2 saturated heterocycles. The number of anilines is 1. The second-order valence-corrected chi connectivity index (χ2v) is 6.56. The van der Waals surface area contributed by atoms with E-state index in [9.17, 15) is 10.1 Å². The molecular formula is C18H19N7O. The molecule has 0 saturated carbocycles. The zero-order valence-corrected chi connectivity index (χ0v) is 14.3. The van der Waals surface area contributed by atoms with E-state index in [-0.39, 0.29) is 11.9 Å². The van der Waals surface area contributed by atoms with Crippen molar-refractivity contribution in [1.82, 2.24) is 24.6 Å². The van der Waals surface area contributed by atoms with Crippen molar-refractivity contribution in [2.45, 2.75) is 18.9 Å². The summed E-state index contributed by atoms with van der Waals surface area (Å²) in [7, 11) is 0. The number of hydrogen-bond donors (Lipinski definition) is 0. The molecule has 2 aromatic rings. The van der Waals surface area contributed by atoms with Crippen molar-refractivity contribution >= 4 is 17.9 Å². The van der Waals surface area contributed by atoms with Gasteiger partial charge in [-0.3, -0.25) is 4.79 Å². The molecule has 8 nitrogen and oxygen atoms in total. The average molecular weight is 349 g/mol. The van der Waals surface area contributed by atoms with E-state index in [0.717, 1.165) is 25.9 Å². The van der Waals surface area contributed by atoms with Crippen LogP contribution in [0.1, 0.15) is 29.0 Å². The van der Waals surface area contributed by atoms with Gasteiger partial charge in [0.1, 0.15) is 11.8 Å². The maximum absolute atomic E-state index is 13.1. The Morgan fingerprint density at radius 2 is 2.15 bits per heavy atom. The van der Waals surface area contributed by atoms with E-state index in [1.165, 1.54) is 17.1 Å². The number of aromatic nitrogens is 4. The van der Waals surface area contributed by atoms with Gasteiger partial charge in [0.05, 0.1) is 12.2 Å². The van der Waals surface area contributed by atoms with Crippen LogP contribution in [0.15, 0.2) is 31.2 Å². The number of piperidine rings is 1. The zero-order chi connectivity index (χ0) is 18.1. The number of nitriles is 1. The van der Waals surface area contributed by atoms with Gasteiger partial charge < -0.3 is 9.80 Å². The van der Waals surface area contributed by atoms with Gasteiger partial charge in [-0.25, -0.2) is 14.6 Å². The Morgan fingerprint density at radius 3 is 2.96 bits per heavy atom. The molecule has 0 aliphatic carbocycles. The Morgan fingerprint density at radius 1 is 1.31 bits per heavy atom. The second kappa shape index (κ2) is 6.59. The molecule has 0 N–H and O–H groups in total. The molecule has 2 atom stereocenters. The molecule has 0 unspecified atom stereocenters. The first kappa shape index (κ1) is 16.3. The lowest BCUT2D eigenvalue weighted by Crippen LogP contribution is -2.48. The maximum Gasteiger partial charge on any atom is 0.272 e. The van der Waals surface area contributed by atoms with Crippen molar-refractivity contribution < 1.29 is 4.79 Å². The van der Waals surface area contributed by atoms with Crippen molar-refractivity contribution in [2.24, 2.45) is 5.92 Å². The van der Waals surface area contributed by atoms with Crippen LogP contribution in [-0.4, -0.2) is 56.2 Å². The Hall–Kier alpha value is -3.21. The largest absolute Gasteiger partial charge is 0.352 e. The molecule has 2 aromatic heterocycles. The highest BCUT2D eigenvalue weighted by Gasteiger charge is 2.42. The first-order valence-electron chi connectivity index (χ1n) is 8.66. The van der Waals surface area contributed by atoms with Crippen molar-refractivity contribution in [1.29, 1.82) is 5.26 Å². The molecule has 0 radical (unpaired) electrons. The normalized spacial score (nSPS) is 22.0. The van der Waals surface area contributed by atoms with Crippen LogP contribution in [0.25, 0.3) is 6.20 Å². The fraction of sp³-hybridized carbons (Fsp3) is 0.389. The second-order valence-electron chi connectivity index (χ2n) is 6.56. The number of fused-ring (bicyclic) bond motifs is 1.